The highest BCUT2D eigenvalue weighted by Crippen LogP contribution is 2.34. The zero-order chi connectivity index (χ0) is 18.1. The Labute approximate surface area is 155 Å². The number of imidazole rings is 1. The second-order valence-corrected chi connectivity index (χ2v) is 8.11. The fraction of sp³-hybridized carbons (Fsp3) is 0.750. The van der Waals surface area contributed by atoms with Gasteiger partial charge in [0.25, 0.3) is 0 Å². The van der Waals surface area contributed by atoms with E-state index in [0.29, 0.717) is 24.9 Å². The predicted molar refractivity (Wildman–Crippen MR) is 98.5 cm³/mol. The molecular formula is C20H30N4O2. The van der Waals surface area contributed by atoms with Gasteiger partial charge in [-0.1, -0.05) is 13.3 Å². The third-order valence-electron chi connectivity index (χ3n) is 6.17. The van der Waals surface area contributed by atoms with Crippen LogP contribution in [0, 0.1) is 5.92 Å². The van der Waals surface area contributed by atoms with E-state index >= 15 is 0 Å². The molecule has 3 heterocycles. The maximum absolute atomic E-state index is 12.9. The van der Waals surface area contributed by atoms with Gasteiger partial charge in [0, 0.05) is 57.0 Å². The van der Waals surface area contributed by atoms with Crippen molar-refractivity contribution in [1.29, 1.82) is 0 Å². The van der Waals surface area contributed by atoms with Crippen molar-refractivity contribution >= 4 is 11.8 Å². The molecule has 1 atom stereocenters. The highest BCUT2D eigenvalue weighted by molar-refractivity contribution is 5.89. The third kappa shape index (κ3) is 3.51. The number of hydrogen-bond acceptors (Lipinski definition) is 3. The number of amides is 2. The molecule has 6 nitrogen and oxygen atoms in total. The van der Waals surface area contributed by atoms with Crippen LogP contribution < -0.4 is 0 Å². The molecule has 2 saturated heterocycles. The molecule has 0 unspecified atom stereocenters. The highest BCUT2D eigenvalue weighted by atomic mass is 16.2. The number of aryl methyl sites for hydroxylation is 1. The van der Waals surface area contributed by atoms with Crippen molar-refractivity contribution in [3.05, 3.63) is 18.2 Å². The monoisotopic (exact) mass is 358 g/mol. The number of carbonyl (C=O) groups excluding carboxylic acids is 2. The van der Waals surface area contributed by atoms with E-state index in [-0.39, 0.29) is 17.7 Å². The number of piperidine rings is 1. The van der Waals surface area contributed by atoms with Crippen molar-refractivity contribution < 1.29 is 9.59 Å². The number of nitrogens with zero attached hydrogens (tertiary/aromatic N) is 4. The molecule has 4 rings (SSSR count). The minimum Gasteiger partial charge on any atom is -0.342 e. The first-order valence-corrected chi connectivity index (χ1v) is 10.3. The summed E-state index contributed by atoms with van der Waals surface area (Å²) in [6, 6.07) is 0.424. The van der Waals surface area contributed by atoms with Gasteiger partial charge >= 0.3 is 0 Å². The Morgan fingerprint density at radius 2 is 2.00 bits per heavy atom. The number of carbonyl (C=O) groups is 2. The smallest absolute Gasteiger partial charge is 0.227 e. The topological polar surface area (TPSA) is 58.4 Å². The second kappa shape index (κ2) is 7.41. The Morgan fingerprint density at radius 3 is 2.69 bits per heavy atom. The minimum atomic E-state index is -0.119. The van der Waals surface area contributed by atoms with E-state index in [0.717, 1.165) is 45.3 Å². The van der Waals surface area contributed by atoms with Gasteiger partial charge in [0.15, 0.2) is 0 Å². The SMILES string of the molecule is CCCCn1ccnc1C1CCN(C(=O)[C@H]2CC(=O)N(C3CC3)C2)CC1. The lowest BCUT2D eigenvalue weighted by Crippen LogP contribution is -2.42. The first kappa shape index (κ1) is 17.6. The van der Waals surface area contributed by atoms with Crippen LogP contribution in [0.25, 0.3) is 0 Å². The van der Waals surface area contributed by atoms with Gasteiger partial charge in [-0.15, -0.1) is 0 Å². The fourth-order valence-corrected chi connectivity index (χ4v) is 4.45. The lowest BCUT2D eigenvalue weighted by atomic mass is 9.94. The van der Waals surface area contributed by atoms with E-state index in [1.807, 2.05) is 16.0 Å². The molecule has 142 valence electrons. The maximum Gasteiger partial charge on any atom is 0.227 e. The fourth-order valence-electron chi connectivity index (χ4n) is 4.45. The molecule has 3 fully saturated rings. The van der Waals surface area contributed by atoms with Crippen molar-refractivity contribution in [2.75, 3.05) is 19.6 Å². The molecule has 6 heteroatoms. The van der Waals surface area contributed by atoms with E-state index in [1.54, 1.807) is 0 Å². The van der Waals surface area contributed by atoms with Gasteiger partial charge < -0.3 is 14.4 Å². The van der Waals surface area contributed by atoms with E-state index in [1.165, 1.54) is 18.7 Å². The molecule has 0 N–H and O–H groups in total. The van der Waals surface area contributed by atoms with Crippen LogP contribution in [0.3, 0.4) is 0 Å². The van der Waals surface area contributed by atoms with E-state index in [2.05, 4.69) is 22.7 Å². The van der Waals surface area contributed by atoms with Crippen LogP contribution in [0.5, 0.6) is 0 Å². The lowest BCUT2D eigenvalue weighted by Gasteiger charge is -2.33. The van der Waals surface area contributed by atoms with E-state index in [9.17, 15) is 9.59 Å². The summed E-state index contributed by atoms with van der Waals surface area (Å²) in [7, 11) is 0. The average Bonchev–Trinajstić information content (AvgIpc) is 3.27. The molecule has 2 amide bonds. The van der Waals surface area contributed by atoms with Crippen LogP contribution >= 0.6 is 0 Å². The Morgan fingerprint density at radius 1 is 1.23 bits per heavy atom. The molecule has 0 bridgehead atoms. The maximum atomic E-state index is 12.9. The van der Waals surface area contributed by atoms with Crippen molar-refractivity contribution in [2.45, 2.75) is 70.4 Å². The number of aromatic nitrogens is 2. The lowest BCUT2D eigenvalue weighted by molar-refractivity contribution is -0.136. The molecule has 1 aliphatic carbocycles. The van der Waals surface area contributed by atoms with Crippen LogP contribution in [0.15, 0.2) is 12.4 Å². The van der Waals surface area contributed by atoms with Gasteiger partial charge in [0.05, 0.1) is 5.92 Å². The summed E-state index contributed by atoms with van der Waals surface area (Å²) in [5.41, 5.74) is 0. The first-order valence-electron chi connectivity index (χ1n) is 10.3. The molecule has 1 saturated carbocycles. The molecule has 26 heavy (non-hydrogen) atoms. The molecule has 0 radical (unpaired) electrons. The standard InChI is InChI=1S/C20H30N4O2/c1-2-3-9-22-12-8-21-19(22)15-6-10-23(11-7-15)20(26)16-13-18(25)24(14-16)17-4-5-17/h8,12,15-17H,2-7,9-11,13-14H2,1H3/t16-/m0/s1. The summed E-state index contributed by atoms with van der Waals surface area (Å²) in [5.74, 6) is 1.87. The van der Waals surface area contributed by atoms with Crippen molar-refractivity contribution in [1.82, 2.24) is 19.4 Å². The Hall–Kier alpha value is -1.85. The molecule has 3 aliphatic rings. The van der Waals surface area contributed by atoms with E-state index < -0.39 is 0 Å². The quantitative estimate of drug-likeness (QED) is 0.785. The summed E-state index contributed by atoms with van der Waals surface area (Å²) < 4.78 is 2.29. The second-order valence-electron chi connectivity index (χ2n) is 8.11. The average molecular weight is 358 g/mol. The van der Waals surface area contributed by atoms with Crippen LogP contribution in [0.1, 0.15) is 63.6 Å². The summed E-state index contributed by atoms with van der Waals surface area (Å²) in [4.78, 5) is 33.5. The molecule has 2 aliphatic heterocycles. The molecule has 1 aromatic rings. The molecule has 1 aromatic heterocycles. The van der Waals surface area contributed by atoms with Gasteiger partial charge in [0.1, 0.15) is 5.82 Å². The zero-order valence-electron chi connectivity index (χ0n) is 15.8. The van der Waals surface area contributed by atoms with Crippen LogP contribution in [-0.4, -0.2) is 56.8 Å². The Kier molecular flexibility index (Phi) is 5.00. The van der Waals surface area contributed by atoms with Crippen LogP contribution in [-0.2, 0) is 16.1 Å². The highest BCUT2D eigenvalue weighted by Gasteiger charge is 2.43. The number of likely N-dealkylation sites (tertiary alicyclic amines) is 2. The Balaban J connectivity index is 1.31. The normalized spacial score (nSPS) is 24.5. The molecule has 0 spiro atoms. The predicted octanol–water partition coefficient (Wildman–Crippen LogP) is 2.40. The Bertz CT molecular complexity index is 659. The summed E-state index contributed by atoms with van der Waals surface area (Å²) in [6.07, 6.45) is 10.9. The van der Waals surface area contributed by atoms with Gasteiger partial charge in [-0.3, -0.25) is 9.59 Å². The van der Waals surface area contributed by atoms with Crippen molar-refractivity contribution in [2.24, 2.45) is 5.92 Å². The zero-order valence-corrected chi connectivity index (χ0v) is 15.8. The first-order chi connectivity index (χ1) is 12.7. The minimum absolute atomic E-state index is 0.119. The van der Waals surface area contributed by atoms with Gasteiger partial charge in [0.2, 0.25) is 11.8 Å². The van der Waals surface area contributed by atoms with Gasteiger partial charge in [-0.05, 0) is 32.1 Å². The summed E-state index contributed by atoms with van der Waals surface area (Å²) in [5, 5.41) is 0. The molecular weight excluding hydrogens is 328 g/mol. The van der Waals surface area contributed by atoms with Crippen LogP contribution in [0.2, 0.25) is 0 Å². The number of hydrogen-bond donors (Lipinski definition) is 0. The van der Waals surface area contributed by atoms with Crippen molar-refractivity contribution in [3.8, 4) is 0 Å². The number of rotatable bonds is 6. The van der Waals surface area contributed by atoms with Gasteiger partial charge in [-0.25, -0.2) is 4.98 Å². The van der Waals surface area contributed by atoms with E-state index in [4.69, 9.17) is 0 Å². The molecule has 0 aromatic carbocycles. The third-order valence-corrected chi connectivity index (χ3v) is 6.17. The van der Waals surface area contributed by atoms with Crippen LogP contribution in [0.4, 0.5) is 0 Å². The van der Waals surface area contributed by atoms with Crippen molar-refractivity contribution in [3.63, 3.8) is 0 Å². The largest absolute Gasteiger partial charge is 0.342 e. The van der Waals surface area contributed by atoms with Gasteiger partial charge in [-0.2, -0.15) is 0 Å². The summed E-state index contributed by atoms with van der Waals surface area (Å²) >= 11 is 0. The number of unbranched alkanes of at least 4 members (excludes halogenated alkanes) is 1. The summed E-state index contributed by atoms with van der Waals surface area (Å²) in [6.45, 7) is 5.46.